The number of benzene rings is 3. The molecule has 0 fully saturated rings. The molecule has 202 valence electrons. The van der Waals surface area contributed by atoms with Gasteiger partial charge in [-0.05, 0) is 73.2 Å². The van der Waals surface area contributed by atoms with Crippen molar-refractivity contribution in [1.29, 1.82) is 0 Å². The maximum absolute atomic E-state index is 15.0. The highest BCUT2D eigenvalue weighted by molar-refractivity contribution is 7.80. The number of hydrogen-bond donors (Lipinski definition) is 2. The first-order valence-corrected chi connectivity index (χ1v) is 13.8. The lowest BCUT2D eigenvalue weighted by molar-refractivity contribution is -0.119. The van der Waals surface area contributed by atoms with E-state index in [4.69, 9.17) is 17.0 Å². The molecule has 0 radical (unpaired) electrons. The largest absolute Gasteiger partial charge is 0.453 e. The Morgan fingerprint density at radius 3 is 2.52 bits per heavy atom. The van der Waals surface area contributed by atoms with Crippen molar-refractivity contribution in [2.24, 2.45) is 0 Å². The number of anilines is 1. The van der Waals surface area contributed by atoms with E-state index >= 15 is 4.39 Å². The Kier molecular flexibility index (Phi) is 8.45. The van der Waals surface area contributed by atoms with Crippen LogP contribution in [-0.4, -0.2) is 35.0 Å². The first-order chi connectivity index (χ1) is 19.3. The van der Waals surface area contributed by atoms with E-state index in [1.165, 1.54) is 12.1 Å². The molecule has 0 unspecified atom stereocenters. The Bertz CT molecular complexity index is 1650. The number of halogens is 1. The summed E-state index contributed by atoms with van der Waals surface area (Å²) in [4.78, 5) is 20.0. The van der Waals surface area contributed by atoms with E-state index in [2.05, 4.69) is 32.7 Å². The molecule has 0 aliphatic heterocycles. The number of nitrogens with one attached hydrogen (secondary N) is 2. The highest BCUT2D eigenvalue weighted by Gasteiger charge is 2.14. The highest BCUT2D eigenvalue weighted by Crippen LogP contribution is 2.40. The van der Waals surface area contributed by atoms with Crippen LogP contribution in [0.3, 0.4) is 0 Å². The van der Waals surface area contributed by atoms with Crippen LogP contribution in [-0.2, 0) is 17.8 Å². The van der Waals surface area contributed by atoms with Crippen LogP contribution >= 0.6 is 23.6 Å². The van der Waals surface area contributed by atoms with Gasteiger partial charge in [0.1, 0.15) is 5.75 Å². The molecule has 0 aliphatic carbocycles. The molecular formula is C31H27FN4O2S2. The summed E-state index contributed by atoms with van der Waals surface area (Å²) in [5, 5.41) is 6.56. The zero-order valence-corrected chi connectivity index (χ0v) is 23.6. The third-order valence-electron chi connectivity index (χ3n) is 5.95. The van der Waals surface area contributed by atoms with Crippen molar-refractivity contribution in [3.05, 3.63) is 108 Å². The predicted molar refractivity (Wildman–Crippen MR) is 163 cm³/mol. The van der Waals surface area contributed by atoms with Crippen molar-refractivity contribution in [2.45, 2.75) is 13.0 Å². The van der Waals surface area contributed by atoms with Gasteiger partial charge < -0.3 is 20.3 Å². The number of aromatic nitrogens is 1. The highest BCUT2D eigenvalue weighted by atomic mass is 32.1. The molecule has 1 amide bonds. The predicted octanol–water partition coefficient (Wildman–Crippen LogP) is 7.01. The van der Waals surface area contributed by atoms with Gasteiger partial charge in [0.05, 0.1) is 21.7 Å². The number of ether oxygens (including phenoxy) is 1. The summed E-state index contributed by atoms with van der Waals surface area (Å²) in [6.45, 7) is 0.826. The second-order valence-electron chi connectivity index (χ2n) is 9.49. The molecule has 2 aromatic heterocycles. The van der Waals surface area contributed by atoms with Crippen molar-refractivity contribution in [3.8, 4) is 22.1 Å². The average Bonchev–Trinajstić information content (AvgIpc) is 3.36. The lowest BCUT2D eigenvalue weighted by Crippen LogP contribution is -2.35. The summed E-state index contributed by atoms with van der Waals surface area (Å²) >= 11 is 6.78. The van der Waals surface area contributed by atoms with Crippen LogP contribution in [0.4, 0.5) is 10.1 Å². The molecule has 0 atom stereocenters. The standard InChI is InChI=1S/C31H27FN4O2S2/c1-36(2)19-21-11-13-25(33-18-21)28-16-22-9-6-10-27(30(22)40-28)38-26-14-12-23(17-24(26)32)34-31(39)35-29(37)15-20-7-4-3-5-8-20/h3-14,16-18H,15,19H2,1-2H3,(H2,34,35,37,39). The van der Waals surface area contributed by atoms with Crippen LogP contribution in [0, 0.1) is 5.82 Å². The van der Waals surface area contributed by atoms with Gasteiger partial charge in [0.15, 0.2) is 16.7 Å². The number of carbonyl (C=O) groups is 1. The number of rotatable bonds is 8. The lowest BCUT2D eigenvalue weighted by Gasteiger charge is -2.12. The summed E-state index contributed by atoms with van der Waals surface area (Å²) in [6.07, 6.45) is 2.08. The molecular weight excluding hydrogens is 543 g/mol. The van der Waals surface area contributed by atoms with Crippen molar-refractivity contribution in [2.75, 3.05) is 19.4 Å². The zero-order valence-electron chi connectivity index (χ0n) is 22.0. The Labute approximate surface area is 241 Å². The van der Waals surface area contributed by atoms with Gasteiger partial charge in [-0.2, -0.15) is 0 Å². The number of carbonyl (C=O) groups excluding carboxylic acids is 1. The van der Waals surface area contributed by atoms with Crippen molar-refractivity contribution >= 4 is 50.3 Å². The van der Waals surface area contributed by atoms with Crippen molar-refractivity contribution < 1.29 is 13.9 Å². The van der Waals surface area contributed by atoms with E-state index in [0.29, 0.717) is 11.4 Å². The van der Waals surface area contributed by atoms with E-state index in [1.807, 2.05) is 74.9 Å². The first-order valence-electron chi connectivity index (χ1n) is 12.6. The molecule has 0 bridgehead atoms. The maximum atomic E-state index is 15.0. The minimum absolute atomic E-state index is 0.0817. The van der Waals surface area contributed by atoms with Crippen molar-refractivity contribution in [3.63, 3.8) is 0 Å². The molecule has 2 N–H and O–H groups in total. The summed E-state index contributed by atoms with van der Waals surface area (Å²) in [6, 6.07) is 25.7. The minimum atomic E-state index is -0.560. The summed E-state index contributed by atoms with van der Waals surface area (Å²) in [7, 11) is 4.05. The molecule has 0 aliphatic rings. The molecule has 0 spiro atoms. The lowest BCUT2D eigenvalue weighted by atomic mass is 10.1. The Balaban J connectivity index is 1.26. The van der Waals surface area contributed by atoms with E-state index in [1.54, 1.807) is 17.4 Å². The van der Waals surface area contributed by atoms with Gasteiger partial charge >= 0.3 is 0 Å². The van der Waals surface area contributed by atoms with Gasteiger partial charge in [0, 0.05) is 24.5 Å². The quantitative estimate of drug-likeness (QED) is 0.196. The molecule has 9 heteroatoms. The SMILES string of the molecule is CN(C)Cc1ccc(-c2cc3cccc(Oc4ccc(NC(=S)NC(=O)Cc5ccccc5)cc4F)c3s2)nc1. The third kappa shape index (κ3) is 6.87. The normalized spacial score (nSPS) is 11.0. The number of hydrogen-bond acceptors (Lipinski definition) is 6. The molecule has 3 aromatic carbocycles. The summed E-state index contributed by atoms with van der Waals surface area (Å²) in [5.41, 5.74) is 3.29. The van der Waals surface area contributed by atoms with E-state index in [9.17, 15) is 4.79 Å². The van der Waals surface area contributed by atoms with Crippen LogP contribution in [0.25, 0.3) is 20.7 Å². The molecule has 0 saturated heterocycles. The van der Waals surface area contributed by atoms with Gasteiger partial charge in [-0.15, -0.1) is 11.3 Å². The Hall–Kier alpha value is -4.18. The summed E-state index contributed by atoms with van der Waals surface area (Å²) in [5.74, 6) is -0.179. The van der Waals surface area contributed by atoms with E-state index in [0.717, 1.165) is 38.3 Å². The average molecular weight is 571 g/mol. The van der Waals surface area contributed by atoms with Crippen LogP contribution in [0.5, 0.6) is 11.5 Å². The van der Waals surface area contributed by atoms with Gasteiger partial charge in [0.25, 0.3) is 0 Å². The molecule has 6 nitrogen and oxygen atoms in total. The molecule has 0 saturated carbocycles. The van der Waals surface area contributed by atoms with Crippen LogP contribution in [0.15, 0.2) is 91.1 Å². The fourth-order valence-corrected chi connectivity index (χ4v) is 5.48. The number of thiophene rings is 1. The number of fused-ring (bicyclic) bond motifs is 1. The fourth-order valence-electron chi connectivity index (χ4n) is 4.17. The second-order valence-corrected chi connectivity index (χ2v) is 10.9. The number of nitrogens with zero attached hydrogens (tertiary/aromatic N) is 2. The van der Waals surface area contributed by atoms with Crippen LogP contribution < -0.4 is 15.4 Å². The van der Waals surface area contributed by atoms with Crippen LogP contribution in [0.1, 0.15) is 11.1 Å². The smallest absolute Gasteiger partial charge is 0.230 e. The minimum Gasteiger partial charge on any atom is -0.453 e. The third-order valence-corrected chi connectivity index (χ3v) is 7.35. The number of amides is 1. The molecule has 5 rings (SSSR count). The van der Waals surface area contributed by atoms with Crippen molar-refractivity contribution in [1.82, 2.24) is 15.2 Å². The molecule has 5 aromatic rings. The van der Waals surface area contributed by atoms with Gasteiger partial charge in [-0.25, -0.2) is 4.39 Å². The maximum Gasteiger partial charge on any atom is 0.230 e. The Morgan fingerprint density at radius 1 is 0.975 bits per heavy atom. The van der Waals surface area contributed by atoms with Gasteiger partial charge in [-0.3, -0.25) is 9.78 Å². The second kappa shape index (κ2) is 12.3. The molecule has 40 heavy (non-hydrogen) atoms. The topological polar surface area (TPSA) is 66.5 Å². The molecule has 2 heterocycles. The number of thiocarbonyl (C=S) groups is 1. The zero-order chi connectivity index (χ0) is 28.1. The van der Waals surface area contributed by atoms with Crippen LogP contribution in [0.2, 0.25) is 0 Å². The van der Waals surface area contributed by atoms with E-state index in [-0.39, 0.29) is 23.2 Å². The van der Waals surface area contributed by atoms with Gasteiger partial charge in [-0.1, -0.05) is 48.5 Å². The monoisotopic (exact) mass is 570 g/mol. The fraction of sp³-hybridized carbons (Fsp3) is 0.129. The van der Waals surface area contributed by atoms with E-state index < -0.39 is 5.82 Å². The summed E-state index contributed by atoms with van der Waals surface area (Å²) < 4.78 is 21.9. The van der Waals surface area contributed by atoms with Gasteiger partial charge in [0.2, 0.25) is 5.91 Å². The Morgan fingerprint density at radius 2 is 1.80 bits per heavy atom. The number of pyridine rings is 1. The first kappa shape index (κ1) is 27.4.